The van der Waals surface area contributed by atoms with Gasteiger partial charge in [0.2, 0.25) is 18.3 Å². The summed E-state index contributed by atoms with van der Waals surface area (Å²) in [6.07, 6.45) is -5.89. The minimum absolute atomic E-state index is 0.0292. The molecule has 3 heterocycles. The topological polar surface area (TPSA) is 344 Å². The lowest BCUT2D eigenvalue weighted by molar-refractivity contribution is -0.274. The molecule has 3 aliphatic rings. The number of likely N-dealkylation sites (N-methyl/N-ethyl adjacent to an activating group) is 1. The number of rotatable bonds is 24. The first-order valence-electron chi connectivity index (χ1n) is 28.8. The van der Waals surface area contributed by atoms with Gasteiger partial charge in [0.15, 0.2) is 18.3 Å². The van der Waals surface area contributed by atoms with E-state index in [2.05, 4.69) is 10.6 Å². The van der Waals surface area contributed by atoms with Gasteiger partial charge in [-0.05, 0) is 114 Å². The van der Waals surface area contributed by atoms with E-state index in [1.807, 2.05) is 0 Å². The molecule has 0 spiro atoms. The second-order valence-electron chi connectivity index (χ2n) is 21.5. The number of carbonyl (C=O) groups is 10. The number of anilines is 2. The molecular formula is C62H74ClN7O22. The highest BCUT2D eigenvalue weighted by Gasteiger charge is 2.57. The van der Waals surface area contributed by atoms with Gasteiger partial charge in [-0.2, -0.15) is 0 Å². The van der Waals surface area contributed by atoms with E-state index in [4.69, 9.17) is 74.2 Å². The monoisotopic (exact) mass is 1300 g/mol. The molecule has 0 bridgehead atoms. The van der Waals surface area contributed by atoms with E-state index >= 15 is 0 Å². The molecule has 0 aromatic heterocycles. The zero-order valence-corrected chi connectivity index (χ0v) is 52.8. The maximum absolute atomic E-state index is 14.0. The molecule has 92 heavy (non-hydrogen) atoms. The molecule has 1 unspecified atom stereocenters. The van der Waals surface area contributed by atoms with Crippen molar-refractivity contribution in [1.82, 2.24) is 24.9 Å². The number of likely N-dealkylation sites (tertiary alicyclic amines) is 1. The van der Waals surface area contributed by atoms with Gasteiger partial charge in [0, 0.05) is 56.4 Å². The van der Waals surface area contributed by atoms with Crippen molar-refractivity contribution in [1.29, 1.82) is 0 Å². The predicted molar refractivity (Wildman–Crippen MR) is 324 cm³/mol. The highest BCUT2D eigenvalue weighted by Crippen LogP contribution is 2.35. The number of ether oxygens (including phenoxy) is 12. The Kier molecular flexibility index (Phi) is 26.2. The number of hydrogen-bond donors (Lipinski definition) is 3. The molecule has 3 aromatic carbocycles. The Hall–Kier alpha value is -9.87. The Balaban J connectivity index is 1.04. The Morgan fingerprint density at radius 1 is 0.750 bits per heavy atom. The van der Waals surface area contributed by atoms with Crippen LogP contribution in [-0.4, -0.2) is 163 Å². The van der Waals surface area contributed by atoms with Crippen LogP contribution in [0, 0.1) is 0 Å². The molecule has 3 aliphatic heterocycles. The van der Waals surface area contributed by atoms with Crippen LogP contribution >= 0.6 is 11.6 Å². The average Bonchev–Trinajstić information content (AvgIpc) is 1.33. The minimum Gasteiger partial charge on any atom is -0.459 e. The van der Waals surface area contributed by atoms with E-state index in [9.17, 15) is 47.9 Å². The second kappa shape index (κ2) is 33.8. The smallest absolute Gasteiger partial charge is 0.459 e. The summed E-state index contributed by atoms with van der Waals surface area (Å²) in [4.78, 5) is 137. The largest absolute Gasteiger partial charge is 0.513 e. The van der Waals surface area contributed by atoms with Crippen LogP contribution in [0.4, 0.5) is 40.1 Å². The zero-order chi connectivity index (χ0) is 67.2. The van der Waals surface area contributed by atoms with E-state index in [1.165, 1.54) is 87.0 Å². The lowest BCUT2D eigenvalue weighted by Crippen LogP contribution is -2.64. The normalized spacial score (nSPS) is 18.9. The molecule has 0 aliphatic carbocycles. The number of esters is 1. The first-order valence-corrected chi connectivity index (χ1v) is 29.2. The molecule has 29 nitrogen and oxygen atoms in total. The van der Waals surface area contributed by atoms with Crippen molar-refractivity contribution in [2.75, 3.05) is 51.6 Å². The molecule has 0 radical (unpaired) electrons. The van der Waals surface area contributed by atoms with Gasteiger partial charge in [0.25, 0.3) is 11.8 Å². The fraction of sp³-hybridized carbons (Fsp3) is 0.419. The lowest BCUT2D eigenvalue weighted by Gasteiger charge is -2.42. The second-order valence-corrected chi connectivity index (χ2v) is 21.9. The maximum atomic E-state index is 14.0. The van der Waals surface area contributed by atoms with Crippen LogP contribution in [0.1, 0.15) is 93.9 Å². The Labute approximate surface area is 535 Å². The third-order valence-electron chi connectivity index (χ3n) is 13.4. The molecule has 3 aromatic rings. The quantitative estimate of drug-likeness (QED) is 0.0188. The Bertz CT molecular complexity index is 3310. The molecular weight excluding hydrogens is 1230 g/mol. The zero-order valence-electron chi connectivity index (χ0n) is 52.1. The van der Waals surface area contributed by atoms with Gasteiger partial charge in [-0.15, -0.1) is 0 Å². The van der Waals surface area contributed by atoms with E-state index < -0.39 is 116 Å². The van der Waals surface area contributed by atoms with Crippen LogP contribution in [0.2, 0.25) is 5.02 Å². The summed E-state index contributed by atoms with van der Waals surface area (Å²) < 4.78 is 64.9. The standard InChI is InChI=1S/C62H74ClN7O22/c1-10-24-82-54(74)50-48(89-59(78)83-25-11-2)49(90-60(79)84-26-12-3)51(91-61(80)85-27-13-4)55(88-50)87-46-20-15-38(31-44(46)64)35-86-57(76)68(9)36-70-47(71)21-19-45(53(70)73)69-34-40-30-37(14-18-42(40)52(69)72)33-65-56(75)66-41-17-16-39(43(63)32-41)22-28-81-29-23-67(8)58(77)92-62(5,6)7/h10-18,20,24-27,30-32,45,48-51,55H,19,21-23,28-29,33-36,64H2,1-9H3,(H2,65,66,75)/b24-10+,25-11+,26-12+,27-13+/t45?,48-,49-,50-,51+,55+/m0/s1. The van der Waals surface area contributed by atoms with Gasteiger partial charge < -0.3 is 83.0 Å². The molecule has 6 rings (SSSR count). The molecule has 30 heteroatoms. The lowest BCUT2D eigenvalue weighted by atomic mass is 9.98. The molecule has 6 atom stereocenters. The fourth-order valence-electron chi connectivity index (χ4n) is 9.04. The predicted octanol–water partition coefficient (Wildman–Crippen LogP) is 8.72. The van der Waals surface area contributed by atoms with Crippen molar-refractivity contribution in [3.8, 4) is 5.75 Å². The number of nitrogens with zero attached hydrogens (tertiary/aromatic N) is 4. The van der Waals surface area contributed by atoms with Crippen LogP contribution in [0.15, 0.2) is 104 Å². The first-order chi connectivity index (χ1) is 43.8. The SMILES string of the molecule is C/C=C/OC(=O)O[C@@H]1[C@@H](OC(=O)O/C=C/C)[C@H](Oc2ccc(COC(=O)N(C)CN3C(=O)CCC(N4Cc5cc(CNC(=O)Nc6ccc(CCOCCN(C)C(=O)OC(C)(C)C)c(Cl)c6)ccc5C4=O)C3=O)cc2N)O[C@H](C(=O)O/C=C/C)[C@H]1OC(=O)O/C=C/C. The van der Waals surface area contributed by atoms with Crippen LogP contribution in [0.25, 0.3) is 0 Å². The highest BCUT2D eigenvalue weighted by atomic mass is 35.5. The first kappa shape index (κ1) is 71.2. The number of piperidine rings is 1. The van der Waals surface area contributed by atoms with Gasteiger partial charge in [-0.1, -0.05) is 60.2 Å². The van der Waals surface area contributed by atoms with E-state index in [0.29, 0.717) is 53.6 Å². The number of amides is 7. The molecule has 2 fully saturated rings. The number of benzene rings is 3. The number of imide groups is 1. The van der Waals surface area contributed by atoms with E-state index in [-0.39, 0.29) is 42.9 Å². The number of nitrogen functional groups attached to an aromatic ring is 1. The van der Waals surface area contributed by atoms with Crippen molar-refractivity contribution >= 4 is 83.4 Å². The molecule has 0 saturated carbocycles. The van der Waals surface area contributed by atoms with Gasteiger partial charge in [0.05, 0.1) is 43.9 Å². The number of urea groups is 1. The van der Waals surface area contributed by atoms with Gasteiger partial charge >= 0.3 is 42.7 Å². The number of halogens is 1. The third kappa shape index (κ3) is 20.3. The summed E-state index contributed by atoms with van der Waals surface area (Å²) >= 11 is 6.53. The van der Waals surface area contributed by atoms with Gasteiger partial charge in [0.1, 0.15) is 30.7 Å². The summed E-state index contributed by atoms with van der Waals surface area (Å²) in [5, 5.41) is 5.96. The Morgan fingerprint density at radius 3 is 2.01 bits per heavy atom. The molecule has 496 valence electrons. The maximum Gasteiger partial charge on any atom is 0.513 e. The van der Waals surface area contributed by atoms with Gasteiger partial charge in [-0.3, -0.25) is 24.2 Å². The number of nitrogens with one attached hydrogen (secondary N) is 2. The number of carbonyl (C=O) groups excluding carboxylic acids is 10. The summed E-state index contributed by atoms with van der Waals surface area (Å²) in [5.41, 5.74) is 8.79. The van der Waals surface area contributed by atoms with Crippen LogP contribution in [0.3, 0.4) is 0 Å². The van der Waals surface area contributed by atoms with Crippen molar-refractivity contribution in [2.45, 2.75) is 130 Å². The van der Waals surface area contributed by atoms with E-state index in [1.54, 1.807) is 64.2 Å². The van der Waals surface area contributed by atoms with Crippen molar-refractivity contribution in [2.24, 2.45) is 0 Å². The van der Waals surface area contributed by atoms with Gasteiger partial charge in [-0.25, -0.2) is 33.6 Å². The number of nitrogens with two attached hydrogens (primary N) is 1. The number of allylic oxidation sites excluding steroid dienone is 4. The van der Waals surface area contributed by atoms with Crippen molar-refractivity contribution in [3.05, 3.63) is 137 Å². The van der Waals surface area contributed by atoms with Crippen LogP contribution in [-0.2, 0) is 92.6 Å². The summed E-state index contributed by atoms with van der Waals surface area (Å²) in [6.45, 7) is 11.6. The van der Waals surface area contributed by atoms with Crippen molar-refractivity contribution in [3.63, 3.8) is 0 Å². The summed E-state index contributed by atoms with van der Waals surface area (Å²) in [6, 6.07) is 12.6. The van der Waals surface area contributed by atoms with Crippen LogP contribution in [0.5, 0.6) is 5.75 Å². The summed E-state index contributed by atoms with van der Waals surface area (Å²) in [7, 11) is 2.93. The molecule has 7 amide bonds. The Morgan fingerprint density at radius 2 is 1.38 bits per heavy atom. The molecule has 4 N–H and O–H groups in total. The van der Waals surface area contributed by atoms with Crippen molar-refractivity contribution < 1.29 is 105 Å². The fourth-order valence-corrected chi connectivity index (χ4v) is 9.31. The highest BCUT2D eigenvalue weighted by molar-refractivity contribution is 6.31. The number of hydrogen-bond acceptors (Lipinski definition) is 23. The average molecular weight is 1300 g/mol. The number of fused-ring (bicyclic) bond motifs is 1. The minimum atomic E-state index is -2.00. The third-order valence-corrected chi connectivity index (χ3v) is 13.8. The summed E-state index contributed by atoms with van der Waals surface area (Å²) in [5.74, 6) is -3.14. The van der Waals surface area contributed by atoms with Crippen LogP contribution < -0.4 is 21.1 Å². The molecule has 2 saturated heterocycles. The van der Waals surface area contributed by atoms with E-state index in [0.717, 1.165) is 40.4 Å².